The lowest BCUT2D eigenvalue weighted by Crippen LogP contribution is -2.07. The topological polar surface area (TPSA) is 52.9 Å². The van der Waals surface area contributed by atoms with Crippen LogP contribution in [0.25, 0.3) is 0 Å². The zero-order valence-corrected chi connectivity index (χ0v) is 14.3. The lowest BCUT2D eigenvalue weighted by atomic mass is 10.1. The van der Waals surface area contributed by atoms with E-state index in [4.69, 9.17) is 14.3 Å². The molecule has 1 atom stereocenters. The molecule has 3 aromatic rings. The standard InChI is InChI=1S/C21H18N2O3/c1-15-11-19(14-22-13-15)25-21-12-20(26-23-21)16-7-9-18(10-8-16)24-17-5-3-2-4-6-17/h2-11,13-14,20H,12H2,1H3/t20-/m1/s1. The quantitative estimate of drug-likeness (QED) is 0.664. The van der Waals surface area contributed by atoms with Crippen LogP contribution in [0.1, 0.15) is 23.7 Å². The lowest BCUT2D eigenvalue weighted by molar-refractivity contribution is 0.0855. The van der Waals surface area contributed by atoms with Crippen molar-refractivity contribution in [2.75, 3.05) is 0 Å². The molecule has 5 nitrogen and oxygen atoms in total. The first kappa shape index (κ1) is 16.1. The van der Waals surface area contributed by atoms with Gasteiger partial charge in [-0.1, -0.05) is 35.5 Å². The average molecular weight is 346 g/mol. The molecule has 5 heteroatoms. The van der Waals surface area contributed by atoms with E-state index in [0.717, 1.165) is 22.6 Å². The number of oxime groups is 1. The van der Waals surface area contributed by atoms with Gasteiger partial charge < -0.3 is 14.3 Å². The Morgan fingerprint density at radius 3 is 2.42 bits per heavy atom. The minimum absolute atomic E-state index is 0.159. The van der Waals surface area contributed by atoms with E-state index in [-0.39, 0.29) is 6.10 Å². The number of benzene rings is 2. The van der Waals surface area contributed by atoms with Crippen molar-refractivity contribution < 1.29 is 14.3 Å². The molecular weight excluding hydrogens is 328 g/mol. The van der Waals surface area contributed by atoms with Crippen molar-refractivity contribution in [3.8, 4) is 17.2 Å². The van der Waals surface area contributed by atoms with Crippen LogP contribution in [0, 0.1) is 6.92 Å². The molecule has 0 spiro atoms. The van der Waals surface area contributed by atoms with Crippen LogP contribution in [-0.2, 0) is 4.84 Å². The second kappa shape index (κ2) is 7.27. The first-order valence-electron chi connectivity index (χ1n) is 8.41. The van der Waals surface area contributed by atoms with E-state index < -0.39 is 0 Å². The lowest BCUT2D eigenvalue weighted by Gasteiger charge is -2.10. The van der Waals surface area contributed by atoms with Gasteiger partial charge in [-0.05, 0) is 48.4 Å². The Balaban J connectivity index is 1.37. The van der Waals surface area contributed by atoms with E-state index in [0.29, 0.717) is 18.1 Å². The molecule has 130 valence electrons. The Morgan fingerprint density at radius 2 is 1.65 bits per heavy atom. The van der Waals surface area contributed by atoms with Crippen LogP contribution >= 0.6 is 0 Å². The van der Waals surface area contributed by atoms with Crippen molar-refractivity contribution in [3.05, 3.63) is 84.2 Å². The van der Waals surface area contributed by atoms with Crippen LogP contribution in [0.15, 0.2) is 78.2 Å². The number of nitrogens with zero attached hydrogens (tertiary/aromatic N) is 2. The summed E-state index contributed by atoms with van der Waals surface area (Å²) >= 11 is 0. The number of rotatable bonds is 4. The summed E-state index contributed by atoms with van der Waals surface area (Å²) in [5.41, 5.74) is 2.06. The van der Waals surface area contributed by atoms with Gasteiger partial charge in [0.25, 0.3) is 0 Å². The highest BCUT2D eigenvalue weighted by atomic mass is 16.7. The number of ether oxygens (including phenoxy) is 2. The second-order valence-corrected chi connectivity index (χ2v) is 6.07. The smallest absolute Gasteiger partial charge is 0.235 e. The van der Waals surface area contributed by atoms with Gasteiger partial charge in [0.15, 0.2) is 6.10 Å². The van der Waals surface area contributed by atoms with E-state index in [1.807, 2.05) is 67.6 Å². The highest BCUT2D eigenvalue weighted by molar-refractivity contribution is 5.79. The maximum atomic E-state index is 5.81. The normalized spacial score (nSPS) is 15.9. The molecule has 0 bridgehead atoms. The molecule has 1 aliphatic heterocycles. The van der Waals surface area contributed by atoms with Crippen molar-refractivity contribution in [1.82, 2.24) is 4.98 Å². The van der Waals surface area contributed by atoms with Crippen molar-refractivity contribution in [2.24, 2.45) is 5.16 Å². The summed E-state index contributed by atoms with van der Waals surface area (Å²) < 4.78 is 11.6. The molecule has 0 saturated heterocycles. The van der Waals surface area contributed by atoms with E-state index in [1.54, 1.807) is 12.4 Å². The molecule has 26 heavy (non-hydrogen) atoms. The zero-order chi connectivity index (χ0) is 17.8. The minimum atomic E-state index is -0.159. The van der Waals surface area contributed by atoms with Crippen LogP contribution in [-0.4, -0.2) is 10.9 Å². The fraction of sp³-hybridized carbons (Fsp3) is 0.143. The fourth-order valence-corrected chi connectivity index (χ4v) is 2.69. The molecule has 1 aromatic heterocycles. The second-order valence-electron chi connectivity index (χ2n) is 6.07. The molecular formula is C21H18N2O3. The first-order chi connectivity index (χ1) is 12.8. The Labute approximate surface area is 151 Å². The number of para-hydroxylation sites is 1. The monoisotopic (exact) mass is 346 g/mol. The number of hydrogen-bond donors (Lipinski definition) is 0. The molecule has 2 aromatic carbocycles. The van der Waals surface area contributed by atoms with Gasteiger partial charge in [-0.15, -0.1) is 0 Å². The molecule has 0 aliphatic carbocycles. The van der Waals surface area contributed by atoms with Gasteiger partial charge >= 0.3 is 0 Å². The van der Waals surface area contributed by atoms with Crippen LogP contribution < -0.4 is 9.47 Å². The maximum Gasteiger partial charge on any atom is 0.235 e. The maximum absolute atomic E-state index is 5.81. The third-order valence-electron chi connectivity index (χ3n) is 3.96. The highest BCUT2D eigenvalue weighted by Crippen LogP contribution is 2.30. The van der Waals surface area contributed by atoms with Gasteiger partial charge in [-0.25, -0.2) is 0 Å². The third kappa shape index (κ3) is 3.83. The Morgan fingerprint density at radius 1 is 0.885 bits per heavy atom. The number of hydrogen-bond acceptors (Lipinski definition) is 5. The summed E-state index contributed by atoms with van der Waals surface area (Å²) in [7, 11) is 0. The van der Waals surface area contributed by atoms with Crippen LogP contribution in [0.3, 0.4) is 0 Å². The number of aromatic nitrogens is 1. The zero-order valence-electron chi connectivity index (χ0n) is 14.3. The van der Waals surface area contributed by atoms with Crippen LogP contribution in [0.5, 0.6) is 17.2 Å². The molecule has 0 radical (unpaired) electrons. The van der Waals surface area contributed by atoms with Crippen molar-refractivity contribution in [2.45, 2.75) is 19.4 Å². The van der Waals surface area contributed by atoms with E-state index in [9.17, 15) is 0 Å². The Bertz CT molecular complexity index is 908. The first-order valence-corrected chi connectivity index (χ1v) is 8.41. The summed E-state index contributed by atoms with van der Waals surface area (Å²) in [6.07, 6.45) is 3.86. The van der Waals surface area contributed by atoms with Crippen molar-refractivity contribution in [1.29, 1.82) is 0 Å². The number of aryl methyl sites for hydroxylation is 1. The highest BCUT2D eigenvalue weighted by Gasteiger charge is 2.24. The van der Waals surface area contributed by atoms with Gasteiger partial charge in [0.2, 0.25) is 5.90 Å². The molecule has 0 amide bonds. The Hall–Kier alpha value is -3.34. The van der Waals surface area contributed by atoms with E-state index in [1.165, 1.54) is 0 Å². The minimum Gasteiger partial charge on any atom is -0.457 e. The summed E-state index contributed by atoms with van der Waals surface area (Å²) in [5, 5.41) is 4.04. The number of pyridine rings is 1. The summed E-state index contributed by atoms with van der Waals surface area (Å²) in [4.78, 5) is 9.63. The Kier molecular flexibility index (Phi) is 4.51. The van der Waals surface area contributed by atoms with Gasteiger partial charge in [-0.2, -0.15) is 0 Å². The van der Waals surface area contributed by atoms with Gasteiger partial charge in [-0.3, -0.25) is 4.98 Å². The molecule has 0 fully saturated rings. The summed E-state index contributed by atoms with van der Waals surface area (Å²) in [6.45, 7) is 1.97. The van der Waals surface area contributed by atoms with Gasteiger partial charge in [0.05, 0.1) is 12.6 Å². The third-order valence-corrected chi connectivity index (χ3v) is 3.96. The molecule has 0 N–H and O–H groups in total. The van der Waals surface area contributed by atoms with Crippen molar-refractivity contribution in [3.63, 3.8) is 0 Å². The fourth-order valence-electron chi connectivity index (χ4n) is 2.69. The van der Waals surface area contributed by atoms with Crippen LogP contribution in [0.2, 0.25) is 0 Å². The largest absolute Gasteiger partial charge is 0.457 e. The van der Waals surface area contributed by atoms with Crippen LogP contribution in [0.4, 0.5) is 0 Å². The van der Waals surface area contributed by atoms with E-state index >= 15 is 0 Å². The summed E-state index contributed by atoms with van der Waals surface area (Å²) in [6, 6.07) is 19.4. The van der Waals surface area contributed by atoms with Gasteiger partial charge in [0, 0.05) is 6.20 Å². The predicted molar refractivity (Wildman–Crippen MR) is 98.4 cm³/mol. The molecule has 4 rings (SSSR count). The molecule has 0 unspecified atom stereocenters. The van der Waals surface area contributed by atoms with E-state index in [2.05, 4.69) is 10.1 Å². The van der Waals surface area contributed by atoms with Crippen molar-refractivity contribution >= 4 is 5.90 Å². The predicted octanol–water partition coefficient (Wildman–Crippen LogP) is 5.04. The molecule has 1 aliphatic rings. The molecule has 2 heterocycles. The average Bonchev–Trinajstić information content (AvgIpc) is 3.12. The summed E-state index contributed by atoms with van der Waals surface area (Å²) in [5.74, 6) is 2.80. The SMILES string of the molecule is Cc1cncc(OC2=NO[C@@H](c3ccc(Oc4ccccc4)cc3)C2)c1. The van der Waals surface area contributed by atoms with Gasteiger partial charge in [0.1, 0.15) is 17.2 Å². The molecule has 0 saturated carbocycles.